The molecule has 100 valence electrons. The molecule has 1 atom stereocenters. The van der Waals surface area contributed by atoms with Gasteiger partial charge in [-0.3, -0.25) is 0 Å². The maximum absolute atomic E-state index is 13.5. The number of hydrogen-bond donors (Lipinski definition) is 2. The molecular formula is C14H13BrClFN2. The van der Waals surface area contributed by atoms with Gasteiger partial charge in [-0.2, -0.15) is 0 Å². The molecule has 2 rings (SSSR count). The summed E-state index contributed by atoms with van der Waals surface area (Å²) in [6.45, 7) is 1.97. The third-order valence-corrected chi connectivity index (χ3v) is 3.69. The second-order valence-corrected chi connectivity index (χ2v) is 5.56. The number of nitrogen functional groups attached to an aromatic ring is 1. The second-order valence-electron chi connectivity index (χ2n) is 4.27. The maximum atomic E-state index is 13.5. The molecule has 0 heterocycles. The van der Waals surface area contributed by atoms with E-state index in [1.807, 2.05) is 31.2 Å². The smallest absolute Gasteiger partial charge is 0.139 e. The van der Waals surface area contributed by atoms with E-state index in [0.29, 0.717) is 20.9 Å². The van der Waals surface area contributed by atoms with E-state index in [2.05, 4.69) is 21.2 Å². The van der Waals surface area contributed by atoms with Crippen LogP contribution in [0.3, 0.4) is 0 Å². The van der Waals surface area contributed by atoms with Gasteiger partial charge in [0.05, 0.1) is 15.8 Å². The molecule has 0 spiro atoms. The van der Waals surface area contributed by atoms with Gasteiger partial charge < -0.3 is 11.1 Å². The van der Waals surface area contributed by atoms with Gasteiger partial charge in [0.25, 0.3) is 0 Å². The summed E-state index contributed by atoms with van der Waals surface area (Å²) < 4.78 is 13.9. The predicted molar refractivity (Wildman–Crippen MR) is 82.0 cm³/mol. The highest BCUT2D eigenvalue weighted by atomic mass is 79.9. The van der Waals surface area contributed by atoms with Crippen molar-refractivity contribution in [1.29, 1.82) is 0 Å². The Morgan fingerprint density at radius 3 is 2.53 bits per heavy atom. The van der Waals surface area contributed by atoms with Gasteiger partial charge in [0.1, 0.15) is 5.82 Å². The number of halogens is 3. The van der Waals surface area contributed by atoms with E-state index in [-0.39, 0.29) is 11.9 Å². The summed E-state index contributed by atoms with van der Waals surface area (Å²) in [6, 6.07) is 10.4. The van der Waals surface area contributed by atoms with Crippen molar-refractivity contribution in [3.63, 3.8) is 0 Å². The van der Waals surface area contributed by atoms with Crippen LogP contribution in [0.1, 0.15) is 18.5 Å². The van der Waals surface area contributed by atoms with Crippen LogP contribution in [0.15, 0.2) is 40.9 Å². The van der Waals surface area contributed by atoms with Gasteiger partial charge in [0.15, 0.2) is 0 Å². The number of anilines is 2. The lowest BCUT2D eigenvalue weighted by atomic mass is 10.1. The van der Waals surface area contributed by atoms with Crippen molar-refractivity contribution in [3.05, 3.63) is 57.3 Å². The summed E-state index contributed by atoms with van der Waals surface area (Å²) in [4.78, 5) is 0. The van der Waals surface area contributed by atoms with E-state index in [0.717, 1.165) is 5.56 Å². The highest BCUT2D eigenvalue weighted by Crippen LogP contribution is 2.29. The molecule has 0 bridgehead atoms. The minimum Gasteiger partial charge on any atom is -0.397 e. The van der Waals surface area contributed by atoms with Gasteiger partial charge in [-0.1, -0.05) is 23.7 Å². The van der Waals surface area contributed by atoms with Gasteiger partial charge in [-0.25, -0.2) is 4.39 Å². The number of rotatable bonds is 3. The Kier molecular flexibility index (Phi) is 4.32. The van der Waals surface area contributed by atoms with Crippen LogP contribution < -0.4 is 11.1 Å². The molecule has 2 aromatic rings. The van der Waals surface area contributed by atoms with Crippen molar-refractivity contribution in [2.75, 3.05) is 11.1 Å². The largest absolute Gasteiger partial charge is 0.397 e. The first-order valence-electron chi connectivity index (χ1n) is 5.74. The Balaban J connectivity index is 2.21. The summed E-state index contributed by atoms with van der Waals surface area (Å²) in [5, 5.41) is 3.87. The zero-order chi connectivity index (χ0) is 14.0. The molecule has 0 saturated carbocycles. The molecule has 2 nitrogen and oxygen atoms in total. The first-order chi connectivity index (χ1) is 8.97. The normalized spacial score (nSPS) is 12.2. The van der Waals surface area contributed by atoms with Crippen LogP contribution in [0.4, 0.5) is 15.8 Å². The Morgan fingerprint density at radius 1 is 1.26 bits per heavy atom. The third kappa shape index (κ3) is 3.39. The first-order valence-corrected chi connectivity index (χ1v) is 6.91. The molecule has 5 heteroatoms. The van der Waals surface area contributed by atoms with E-state index >= 15 is 0 Å². The lowest BCUT2D eigenvalue weighted by Crippen LogP contribution is -2.08. The molecule has 3 N–H and O–H groups in total. The van der Waals surface area contributed by atoms with E-state index in [1.54, 1.807) is 6.07 Å². The van der Waals surface area contributed by atoms with Crippen LogP contribution in [0.2, 0.25) is 5.02 Å². The van der Waals surface area contributed by atoms with Crippen LogP contribution in [0.5, 0.6) is 0 Å². The Bertz CT molecular complexity index is 587. The highest BCUT2D eigenvalue weighted by molar-refractivity contribution is 9.10. The standard InChI is InChI=1S/C14H13BrClFN2/c1-8(9-2-4-10(16)5-3-9)19-14-7-12(17)11(15)6-13(14)18/h2-8,19H,18H2,1H3. The maximum Gasteiger partial charge on any atom is 0.139 e. The van der Waals surface area contributed by atoms with Crippen molar-refractivity contribution < 1.29 is 4.39 Å². The lowest BCUT2D eigenvalue weighted by molar-refractivity contribution is 0.621. The molecule has 0 radical (unpaired) electrons. The minimum atomic E-state index is -0.347. The fourth-order valence-electron chi connectivity index (χ4n) is 1.76. The van der Waals surface area contributed by atoms with E-state index in [9.17, 15) is 4.39 Å². The molecule has 0 aliphatic heterocycles. The van der Waals surface area contributed by atoms with Crippen LogP contribution in [-0.4, -0.2) is 0 Å². The van der Waals surface area contributed by atoms with Gasteiger partial charge in [0, 0.05) is 17.1 Å². The Hall–Kier alpha value is -1.26. The molecule has 2 aromatic carbocycles. The molecule has 1 unspecified atom stereocenters. The molecule has 0 aliphatic rings. The average Bonchev–Trinajstić information content (AvgIpc) is 2.36. The Morgan fingerprint density at radius 2 is 1.89 bits per heavy atom. The lowest BCUT2D eigenvalue weighted by Gasteiger charge is -2.17. The first kappa shape index (κ1) is 14.2. The zero-order valence-corrected chi connectivity index (χ0v) is 12.6. The van der Waals surface area contributed by atoms with Crippen LogP contribution in [-0.2, 0) is 0 Å². The quantitative estimate of drug-likeness (QED) is 0.770. The zero-order valence-electron chi connectivity index (χ0n) is 10.3. The van der Waals surface area contributed by atoms with Gasteiger partial charge in [-0.05, 0) is 46.6 Å². The summed E-state index contributed by atoms with van der Waals surface area (Å²) >= 11 is 8.95. The van der Waals surface area contributed by atoms with Crippen molar-refractivity contribution in [2.45, 2.75) is 13.0 Å². The summed E-state index contributed by atoms with van der Waals surface area (Å²) in [6.07, 6.45) is 0. The molecule has 0 aliphatic carbocycles. The monoisotopic (exact) mass is 342 g/mol. The molecule has 0 saturated heterocycles. The van der Waals surface area contributed by atoms with Crippen molar-refractivity contribution in [1.82, 2.24) is 0 Å². The van der Waals surface area contributed by atoms with Crippen LogP contribution in [0.25, 0.3) is 0 Å². The SMILES string of the molecule is CC(Nc1cc(F)c(Br)cc1N)c1ccc(Cl)cc1. The van der Waals surface area contributed by atoms with Gasteiger partial charge in [0.2, 0.25) is 0 Å². The highest BCUT2D eigenvalue weighted by Gasteiger charge is 2.10. The summed E-state index contributed by atoms with van der Waals surface area (Å²) in [7, 11) is 0. The Labute approximate surface area is 124 Å². The third-order valence-electron chi connectivity index (χ3n) is 2.83. The molecule has 0 aromatic heterocycles. The number of benzene rings is 2. The van der Waals surface area contributed by atoms with E-state index < -0.39 is 0 Å². The van der Waals surface area contributed by atoms with Crippen molar-refractivity contribution in [3.8, 4) is 0 Å². The molecule has 0 fully saturated rings. The van der Waals surface area contributed by atoms with Crippen molar-refractivity contribution >= 4 is 38.9 Å². The van der Waals surface area contributed by atoms with Crippen LogP contribution in [0, 0.1) is 5.82 Å². The van der Waals surface area contributed by atoms with Crippen LogP contribution >= 0.6 is 27.5 Å². The fourth-order valence-corrected chi connectivity index (χ4v) is 2.24. The molecular weight excluding hydrogens is 331 g/mol. The van der Waals surface area contributed by atoms with E-state index in [1.165, 1.54) is 6.07 Å². The van der Waals surface area contributed by atoms with E-state index in [4.69, 9.17) is 17.3 Å². The number of nitrogens with two attached hydrogens (primary N) is 1. The summed E-state index contributed by atoms with van der Waals surface area (Å²) in [5.41, 5.74) is 7.98. The topological polar surface area (TPSA) is 38.0 Å². The molecule has 19 heavy (non-hydrogen) atoms. The van der Waals surface area contributed by atoms with Gasteiger partial charge in [-0.15, -0.1) is 0 Å². The average molecular weight is 344 g/mol. The number of hydrogen-bond acceptors (Lipinski definition) is 2. The van der Waals surface area contributed by atoms with Gasteiger partial charge >= 0.3 is 0 Å². The molecule has 0 amide bonds. The number of nitrogens with one attached hydrogen (secondary N) is 1. The minimum absolute atomic E-state index is 0.000132. The van der Waals surface area contributed by atoms with Crippen molar-refractivity contribution in [2.24, 2.45) is 0 Å². The second kappa shape index (κ2) is 5.80. The summed E-state index contributed by atoms with van der Waals surface area (Å²) in [5.74, 6) is -0.347. The fraction of sp³-hybridized carbons (Fsp3) is 0.143. The predicted octanol–water partition coefficient (Wildman–Crippen LogP) is 5.00.